The van der Waals surface area contributed by atoms with Gasteiger partial charge in [0.2, 0.25) is 5.91 Å². The quantitative estimate of drug-likeness (QED) is 0.942. The molecule has 120 valence electrons. The third-order valence-electron chi connectivity index (χ3n) is 4.13. The number of carbonyl (C=O) groups excluding carboxylic acids is 2. The van der Waals surface area contributed by atoms with Gasteiger partial charge in [-0.25, -0.2) is 0 Å². The molecule has 3 rings (SSSR count). The monoisotopic (exact) mass is 312 g/mol. The number of rotatable bonds is 4. The van der Waals surface area contributed by atoms with Crippen LogP contribution in [0.3, 0.4) is 0 Å². The molecule has 0 spiro atoms. The highest BCUT2D eigenvalue weighted by atomic mass is 16.3. The van der Waals surface area contributed by atoms with Gasteiger partial charge in [0.15, 0.2) is 5.76 Å². The second kappa shape index (κ2) is 7.13. The van der Waals surface area contributed by atoms with Gasteiger partial charge in [-0.15, -0.1) is 0 Å². The zero-order valence-electron chi connectivity index (χ0n) is 12.9. The van der Waals surface area contributed by atoms with E-state index in [1.807, 2.05) is 35.2 Å². The van der Waals surface area contributed by atoms with Crippen molar-refractivity contribution in [3.05, 3.63) is 60.1 Å². The molecule has 5 nitrogen and oxygen atoms in total. The van der Waals surface area contributed by atoms with E-state index in [9.17, 15) is 9.59 Å². The van der Waals surface area contributed by atoms with Crippen molar-refractivity contribution < 1.29 is 14.0 Å². The zero-order chi connectivity index (χ0) is 16.1. The molecule has 2 heterocycles. The molecule has 1 saturated heterocycles. The van der Waals surface area contributed by atoms with Crippen LogP contribution in [0, 0.1) is 0 Å². The lowest BCUT2D eigenvalue weighted by Gasteiger charge is -2.32. The number of amides is 2. The minimum absolute atomic E-state index is 0.0911. The lowest BCUT2D eigenvalue weighted by Crippen LogP contribution is -2.46. The van der Waals surface area contributed by atoms with Crippen LogP contribution in [0.4, 0.5) is 0 Å². The average molecular weight is 312 g/mol. The molecule has 1 aliphatic heterocycles. The van der Waals surface area contributed by atoms with Gasteiger partial charge >= 0.3 is 0 Å². The predicted molar refractivity (Wildman–Crippen MR) is 85.9 cm³/mol. The van der Waals surface area contributed by atoms with Crippen LogP contribution < -0.4 is 5.32 Å². The van der Waals surface area contributed by atoms with Gasteiger partial charge in [-0.1, -0.05) is 30.3 Å². The molecule has 23 heavy (non-hydrogen) atoms. The second-order valence-electron chi connectivity index (χ2n) is 5.77. The SMILES string of the molecule is O=C(NC1CCN(C(=O)Cc2ccccc2)CC1)c1ccco1. The van der Waals surface area contributed by atoms with Crippen molar-refractivity contribution in [3.8, 4) is 0 Å². The molecule has 0 bridgehead atoms. The van der Waals surface area contributed by atoms with Crippen LogP contribution in [0.5, 0.6) is 0 Å². The summed E-state index contributed by atoms with van der Waals surface area (Å²) in [4.78, 5) is 26.1. The van der Waals surface area contributed by atoms with E-state index in [1.165, 1.54) is 6.26 Å². The van der Waals surface area contributed by atoms with Crippen LogP contribution in [0.15, 0.2) is 53.1 Å². The van der Waals surface area contributed by atoms with E-state index in [0.29, 0.717) is 25.3 Å². The Morgan fingerprint density at radius 3 is 2.48 bits per heavy atom. The van der Waals surface area contributed by atoms with Crippen molar-refractivity contribution >= 4 is 11.8 Å². The fourth-order valence-electron chi connectivity index (χ4n) is 2.82. The van der Waals surface area contributed by atoms with E-state index in [-0.39, 0.29) is 17.9 Å². The highest BCUT2D eigenvalue weighted by Crippen LogP contribution is 2.13. The Bertz CT molecular complexity index is 644. The van der Waals surface area contributed by atoms with E-state index >= 15 is 0 Å². The van der Waals surface area contributed by atoms with Crippen molar-refractivity contribution in [2.24, 2.45) is 0 Å². The molecular formula is C18H20N2O3. The molecule has 1 aromatic carbocycles. The highest BCUT2D eigenvalue weighted by Gasteiger charge is 2.24. The molecule has 0 radical (unpaired) electrons. The Labute approximate surface area is 135 Å². The molecule has 0 unspecified atom stereocenters. The van der Waals surface area contributed by atoms with E-state index in [4.69, 9.17) is 4.42 Å². The standard InChI is InChI=1S/C18H20N2O3/c21-17(13-14-5-2-1-3-6-14)20-10-8-15(9-11-20)19-18(22)16-7-4-12-23-16/h1-7,12,15H,8-11,13H2,(H,19,22). The lowest BCUT2D eigenvalue weighted by molar-refractivity contribution is -0.131. The van der Waals surface area contributed by atoms with Gasteiger partial charge in [0.1, 0.15) is 0 Å². The van der Waals surface area contributed by atoms with Gasteiger partial charge < -0.3 is 14.6 Å². The summed E-state index contributed by atoms with van der Waals surface area (Å²) < 4.78 is 5.09. The maximum absolute atomic E-state index is 12.3. The third-order valence-corrected chi connectivity index (χ3v) is 4.13. The van der Waals surface area contributed by atoms with E-state index < -0.39 is 0 Å². The highest BCUT2D eigenvalue weighted by molar-refractivity contribution is 5.91. The van der Waals surface area contributed by atoms with E-state index in [0.717, 1.165) is 18.4 Å². The molecule has 1 aliphatic rings. The number of nitrogens with zero attached hydrogens (tertiary/aromatic N) is 1. The fraction of sp³-hybridized carbons (Fsp3) is 0.333. The predicted octanol–water partition coefficient (Wildman–Crippen LogP) is 2.24. The number of nitrogens with one attached hydrogen (secondary N) is 1. The Kier molecular flexibility index (Phi) is 4.76. The summed E-state index contributed by atoms with van der Waals surface area (Å²) in [5.74, 6) is 0.281. The fourth-order valence-corrected chi connectivity index (χ4v) is 2.82. The summed E-state index contributed by atoms with van der Waals surface area (Å²) in [6.07, 6.45) is 3.46. The Morgan fingerprint density at radius 2 is 1.83 bits per heavy atom. The van der Waals surface area contributed by atoms with Crippen molar-refractivity contribution in [3.63, 3.8) is 0 Å². The topological polar surface area (TPSA) is 62.6 Å². The summed E-state index contributed by atoms with van der Waals surface area (Å²) >= 11 is 0. The summed E-state index contributed by atoms with van der Waals surface area (Å²) in [5.41, 5.74) is 1.03. The minimum atomic E-state index is -0.191. The smallest absolute Gasteiger partial charge is 0.287 e. The number of benzene rings is 1. The Morgan fingerprint density at radius 1 is 1.09 bits per heavy atom. The van der Waals surface area contributed by atoms with E-state index in [2.05, 4.69) is 5.32 Å². The second-order valence-corrected chi connectivity index (χ2v) is 5.77. The van der Waals surface area contributed by atoms with Gasteiger partial charge in [-0.3, -0.25) is 9.59 Å². The number of furan rings is 1. The number of hydrogen-bond donors (Lipinski definition) is 1. The van der Waals surface area contributed by atoms with E-state index in [1.54, 1.807) is 12.1 Å². The van der Waals surface area contributed by atoms with Crippen molar-refractivity contribution in [1.82, 2.24) is 10.2 Å². The van der Waals surface area contributed by atoms with Crippen LogP contribution in [0.1, 0.15) is 29.0 Å². The van der Waals surface area contributed by atoms with Crippen molar-refractivity contribution in [2.45, 2.75) is 25.3 Å². The summed E-state index contributed by atoms with van der Waals surface area (Å²) in [6.45, 7) is 1.35. The van der Waals surface area contributed by atoms with Gasteiger partial charge in [0.05, 0.1) is 12.7 Å². The largest absolute Gasteiger partial charge is 0.459 e. The van der Waals surface area contributed by atoms with Crippen LogP contribution >= 0.6 is 0 Å². The molecule has 1 N–H and O–H groups in total. The van der Waals surface area contributed by atoms with Crippen molar-refractivity contribution in [1.29, 1.82) is 0 Å². The molecule has 2 aromatic rings. The first kappa shape index (κ1) is 15.3. The maximum atomic E-state index is 12.3. The summed E-state index contributed by atoms with van der Waals surface area (Å²) in [5, 5.41) is 2.96. The average Bonchev–Trinajstić information content (AvgIpc) is 3.11. The third kappa shape index (κ3) is 4.00. The first-order valence-corrected chi connectivity index (χ1v) is 7.88. The molecule has 1 aromatic heterocycles. The van der Waals surface area contributed by atoms with Gasteiger partial charge in [0, 0.05) is 19.1 Å². The van der Waals surface area contributed by atoms with Gasteiger partial charge in [-0.2, -0.15) is 0 Å². The molecule has 0 atom stereocenters. The number of hydrogen-bond acceptors (Lipinski definition) is 3. The number of likely N-dealkylation sites (tertiary alicyclic amines) is 1. The van der Waals surface area contributed by atoms with Gasteiger partial charge in [0.25, 0.3) is 5.91 Å². The molecule has 1 fully saturated rings. The Hall–Kier alpha value is -2.56. The molecule has 2 amide bonds. The lowest BCUT2D eigenvalue weighted by atomic mass is 10.0. The summed E-state index contributed by atoms with van der Waals surface area (Å²) in [7, 11) is 0. The maximum Gasteiger partial charge on any atom is 0.287 e. The minimum Gasteiger partial charge on any atom is -0.459 e. The number of carbonyl (C=O) groups is 2. The number of piperidine rings is 1. The molecule has 0 saturated carbocycles. The zero-order valence-corrected chi connectivity index (χ0v) is 12.9. The molecule has 0 aliphatic carbocycles. The van der Waals surface area contributed by atoms with Crippen LogP contribution in [-0.4, -0.2) is 35.8 Å². The van der Waals surface area contributed by atoms with Crippen LogP contribution in [0.2, 0.25) is 0 Å². The summed E-state index contributed by atoms with van der Waals surface area (Å²) in [6, 6.07) is 13.2. The van der Waals surface area contributed by atoms with Gasteiger partial charge in [-0.05, 0) is 30.5 Å². The van der Waals surface area contributed by atoms with Crippen LogP contribution in [-0.2, 0) is 11.2 Å². The van der Waals surface area contributed by atoms with Crippen LogP contribution in [0.25, 0.3) is 0 Å². The normalized spacial score (nSPS) is 15.4. The Balaban J connectivity index is 1.46. The first-order valence-electron chi connectivity index (χ1n) is 7.88. The first-order chi connectivity index (χ1) is 11.2. The van der Waals surface area contributed by atoms with Crippen molar-refractivity contribution in [2.75, 3.05) is 13.1 Å². The molecule has 5 heteroatoms. The molecular weight excluding hydrogens is 292 g/mol.